The molecule has 0 saturated heterocycles. The van der Waals surface area contributed by atoms with Crippen LogP contribution in [0.15, 0.2) is 36.4 Å². The number of halogens is 2. The Hall–Kier alpha value is -1.51. The Morgan fingerprint density at radius 1 is 1.05 bits per heavy atom. The minimum Gasteiger partial charge on any atom is -0.456 e. The lowest BCUT2D eigenvalue weighted by molar-refractivity contribution is 0.101. The Morgan fingerprint density at radius 2 is 1.79 bits per heavy atom. The number of benzene rings is 2. The Balaban J connectivity index is 2.31. The predicted molar refractivity (Wildman–Crippen MR) is 77.7 cm³/mol. The molecule has 0 unspecified atom stereocenters. The van der Waals surface area contributed by atoms with Crippen molar-refractivity contribution < 1.29 is 9.53 Å². The lowest BCUT2D eigenvalue weighted by Crippen LogP contribution is -1.94. The monoisotopic (exact) mass is 294 g/mol. The van der Waals surface area contributed by atoms with Crippen LogP contribution in [-0.4, -0.2) is 5.78 Å². The number of ether oxygens (including phenoxy) is 1. The number of carbonyl (C=O) groups is 1. The first-order valence-corrected chi connectivity index (χ1v) is 6.47. The van der Waals surface area contributed by atoms with E-state index in [4.69, 9.17) is 27.9 Å². The molecule has 0 aliphatic carbocycles. The highest BCUT2D eigenvalue weighted by Gasteiger charge is 2.09. The minimum atomic E-state index is -0.0786. The molecule has 2 aromatic rings. The molecule has 0 aliphatic heterocycles. The fourth-order valence-electron chi connectivity index (χ4n) is 1.66. The standard InChI is InChI=1S/C15H12Cl2O2/c1-9-3-6-13(16)15(7-9)19-11-4-5-12(10(2)18)14(17)8-11/h3-8H,1-2H3. The number of hydrogen-bond acceptors (Lipinski definition) is 2. The van der Waals surface area contributed by atoms with Gasteiger partial charge in [-0.05, 0) is 43.7 Å². The van der Waals surface area contributed by atoms with E-state index in [2.05, 4.69) is 0 Å². The van der Waals surface area contributed by atoms with Crippen molar-refractivity contribution in [1.29, 1.82) is 0 Å². The van der Waals surface area contributed by atoms with E-state index in [1.165, 1.54) is 6.92 Å². The SMILES string of the molecule is CC(=O)c1ccc(Oc2cc(C)ccc2Cl)cc1Cl. The number of rotatable bonds is 3. The van der Waals surface area contributed by atoms with Gasteiger partial charge in [-0.15, -0.1) is 0 Å². The van der Waals surface area contributed by atoms with Crippen LogP contribution in [0.4, 0.5) is 0 Å². The van der Waals surface area contributed by atoms with Crippen LogP contribution in [0, 0.1) is 6.92 Å². The van der Waals surface area contributed by atoms with Gasteiger partial charge in [-0.2, -0.15) is 0 Å². The van der Waals surface area contributed by atoms with Crippen molar-refractivity contribution >= 4 is 29.0 Å². The molecule has 0 radical (unpaired) electrons. The minimum absolute atomic E-state index is 0.0786. The fraction of sp³-hybridized carbons (Fsp3) is 0.133. The summed E-state index contributed by atoms with van der Waals surface area (Å²) in [5.74, 6) is 1.03. The second-order valence-corrected chi connectivity index (χ2v) is 5.05. The molecule has 2 nitrogen and oxygen atoms in total. The van der Waals surface area contributed by atoms with E-state index in [0.717, 1.165) is 5.56 Å². The zero-order valence-corrected chi connectivity index (χ0v) is 12.0. The molecule has 0 aromatic heterocycles. The molecule has 98 valence electrons. The first kappa shape index (κ1) is 13.9. The number of Topliss-reactive ketones (excluding diaryl/α,β-unsaturated/α-hetero) is 1. The van der Waals surface area contributed by atoms with Gasteiger partial charge < -0.3 is 4.74 Å². The topological polar surface area (TPSA) is 26.3 Å². The van der Waals surface area contributed by atoms with Crippen molar-refractivity contribution in [2.75, 3.05) is 0 Å². The second-order valence-electron chi connectivity index (χ2n) is 4.23. The third-order valence-corrected chi connectivity index (χ3v) is 3.26. The van der Waals surface area contributed by atoms with Gasteiger partial charge in [-0.25, -0.2) is 0 Å². The van der Waals surface area contributed by atoms with Gasteiger partial charge in [0.05, 0.1) is 10.0 Å². The van der Waals surface area contributed by atoms with Crippen LogP contribution in [0.25, 0.3) is 0 Å². The van der Waals surface area contributed by atoms with E-state index in [9.17, 15) is 4.79 Å². The van der Waals surface area contributed by atoms with E-state index >= 15 is 0 Å². The van der Waals surface area contributed by atoms with Crippen molar-refractivity contribution in [3.8, 4) is 11.5 Å². The summed E-state index contributed by atoms with van der Waals surface area (Å²) in [4.78, 5) is 11.3. The van der Waals surface area contributed by atoms with Crippen LogP contribution in [0.3, 0.4) is 0 Å². The molecular formula is C15H12Cl2O2. The van der Waals surface area contributed by atoms with Crippen molar-refractivity contribution in [1.82, 2.24) is 0 Å². The molecule has 0 amide bonds. The molecule has 0 saturated carbocycles. The highest BCUT2D eigenvalue weighted by atomic mass is 35.5. The highest BCUT2D eigenvalue weighted by Crippen LogP contribution is 2.32. The first-order chi connectivity index (χ1) is 8.97. The van der Waals surface area contributed by atoms with Crippen molar-refractivity contribution in [3.63, 3.8) is 0 Å². The third kappa shape index (κ3) is 3.28. The summed E-state index contributed by atoms with van der Waals surface area (Å²) in [7, 11) is 0. The van der Waals surface area contributed by atoms with E-state index in [-0.39, 0.29) is 5.78 Å². The van der Waals surface area contributed by atoms with Crippen molar-refractivity contribution in [3.05, 3.63) is 57.6 Å². The molecule has 0 aliphatic rings. The van der Waals surface area contributed by atoms with E-state index in [1.807, 2.05) is 19.1 Å². The van der Waals surface area contributed by atoms with Gasteiger partial charge in [0.25, 0.3) is 0 Å². The molecule has 0 bridgehead atoms. The van der Waals surface area contributed by atoms with Crippen molar-refractivity contribution in [2.45, 2.75) is 13.8 Å². The molecule has 4 heteroatoms. The Labute approximate surface area is 121 Å². The van der Waals surface area contributed by atoms with Gasteiger partial charge in [0.15, 0.2) is 5.78 Å². The van der Waals surface area contributed by atoms with Gasteiger partial charge in [-0.3, -0.25) is 4.79 Å². The van der Waals surface area contributed by atoms with Gasteiger partial charge in [0.2, 0.25) is 0 Å². The van der Waals surface area contributed by atoms with E-state index in [0.29, 0.717) is 27.1 Å². The highest BCUT2D eigenvalue weighted by molar-refractivity contribution is 6.34. The average Bonchev–Trinajstić information content (AvgIpc) is 2.33. The molecular weight excluding hydrogens is 283 g/mol. The van der Waals surface area contributed by atoms with Crippen LogP contribution in [0.5, 0.6) is 11.5 Å². The maximum atomic E-state index is 11.3. The van der Waals surface area contributed by atoms with Gasteiger partial charge >= 0.3 is 0 Å². The van der Waals surface area contributed by atoms with Gasteiger partial charge in [0, 0.05) is 11.6 Å². The van der Waals surface area contributed by atoms with E-state index in [1.54, 1.807) is 24.3 Å². The lowest BCUT2D eigenvalue weighted by atomic mass is 10.1. The first-order valence-electron chi connectivity index (χ1n) is 5.72. The Bertz CT molecular complexity index is 636. The zero-order valence-electron chi connectivity index (χ0n) is 10.5. The summed E-state index contributed by atoms with van der Waals surface area (Å²) >= 11 is 12.1. The van der Waals surface area contributed by atoms with Crippen LogP contribution in [0.1, 0.15) is 22.8 Å². The molecule has 0 atom stereocenters. The maximum Gasteiger partial charge on any atom is 0.161 e. The number of carbonyl (C=O) groups excluding carboxylic acids is 1. The fourth-order valence-corrected chi connectivity index (χ4v) is 2.12. The molecule has 0 fully saturated rings. The second kappa shape index (κ2) is 5.64. The van der Waals surface area contributed by atoms with Crippen LogP contribution < -0.4 is 4.74 Å². The molecule has 0 N–H and O–H groups in total. The quantitative estimate of drug-likeness (QED) is 0.718. The van der Waals surface area contributed by atoms with Gasteiger partial charge in [-0.1, -0.05) is 29.3 Å². The zero-order chi connectivity index (χ0) is 14.0. The molecule has 0 heterocycles. The average molecular weight is 295 g/mol. The Morgan fingerprint density at radius 3 is 2.42 bits per heavy atom. The summed E-state index contributed by atoms with van der Waals surface area (Å²) in [6.45, 7) is 3.42. The predicted octanol–water partition coefficient (Wildman–Crippen LogP) is 5.30. The lowest BCUT2D eigenvalue weighted by Gasteiger charge is -2.09. The van der Waals surface area contributed by atoms with Crippen LogP contribution in [0.2, 0.25) is 10.0 Å². The van der Waals surface area contributed by atoms with Crippen LogP contribution >= 0.6 is 23.2 Å². The van der Waals surface area contributed by atoms with E-state index < -0.39 is 0 Å². The summed E-state index contributed by atoms with van der Waals surface area (Å²) < 4.78 is 5.68. The molecule has 2 rings (SSSR count). The maximum absolute atomic E-state index is 11.3. The summed E-state index contributed by atoms with van der Waals surface area (Å²) in [5, 5.41) is 0.895. The summed E-state index contributed by atoms with van der Waals surface area (Å²) in [6.07, 6.45) is 0. The largest absolute Gasteiger partial charge is 0.456 e. The van der Waals surface area contributed by atoms with Crippen molar-refractivity contribution in [2.24, 2.45) is 0 Å². The third-order valence-electron chi connectivity index (χ3n) is 2.63. The van der Waals surface area contributed by atoms with Crippen LogP contribution in [-0.2, 0) is 0 Å². The molecule has 2 aromatic carbocycles. The molecule has 19 heavy (non-hydrogen) atoms. The number of hydrogen-bond donors (Lipinski definition) is 0. The smallest absolute Gasteiger partial charge is 0.161 e. The summed E-state index contributed by atoms with van der Waals surface area (Å²) in [6, 6.07) is 10.5. The van der Waals surface area contributed by atoms with Gasteiger partial charge in [0.1, 0.15) is 11.5 Å². The number of ketones is 1. The molecule has 0 spiro atoms. The normalized spacial score (nSPS) is 10.3. The number of aryl methyl sites for hydroxylation is 1. The Kier molecular flexibility index (Phi) is 4.13. The summed E-state index contributed by atoms with van der Waals surface area (Å²) in [5.41, 5.74) is 1.52.